The van der Waals surface area contributed by atoms with Crippen LogP contribution in [0.3, 0.4) is 0 Å². The fourth-order valence-electron chi connectivity index (χ4n) is 3.31. The number of sulfonamides is 1. The van der Waals surface area contributed by atoms with Gasteiger partial charge in [0.15, 0.2) is 0 Å². The molecule has 0 spiro atoms. The SMILES string of the molecule is O=C(CN(c1ccccc1)S(=O)(=O)c1ccccc1)NCCC1=CCCCC1. The van der Waals surface area contributed by atoms with Crippen LogP contribution in [0.2, 0.25) is 0 Å². The van der Waals surface area contributed by atoms with Gasteiger partial charge in [0, 0.05) is 6.54 Å². The van der Waals surface area contributed by atoms with E-state index in [2.05, 4.69) is 11.4 Å². The summed E-state index contributed by atoms with van der Waals surface area (Å²) in [5.41, 5.74) is 1.85. The second-order valence-corrected chi connectivity index (χ2v) is 8.73. The Bertz CT molecular complexity index is 909. The van der Waals surface area contributed by atoms with Crippen LogP contribution < -0.4 is 9.62 Å². The topological polar surface area (TPSA) is 66.5 Å². The lowest BCUT2D eigenvalue weighted by Gasteiger charge is -2.24. The van der Waals surface area contributed by atoms with E-state index in [9.17, 15) is 13.2 Å². The number of allylic oxidation sites excluding steroid dienone is 1. The highest BCUT2D eigenvalue weighted by molar-refractivity contribution is 7.92. The molecule has 148 valence electrons. The zero-order valence-corrected chi connectivity index (χ0v) is 16.7. The van der Waals surface area contributed by atoms with Crippen molar-refractivity contribution >= 4 is 21.6 Å². The first-order chi connectivity index (χ1) is 13.6. The van der Waals surface area contributed by atoms with Crippen LogP contribution in [0.5, 0.6) is 0 Å². The van der Waals surface area contributed by atoms with Crippen LogP contribution >= 0.6 is 0 Å². The van der Waals surface area contributed by atoms with Crippen LogP contribution in [0.4, 0.5) is 5.69 Å². The minimum absolute atomic E-state index is 0.166. The first-order valence-corrected chi connectivity index (χ1v) is 11.1. The van der Waals surface area contributed by atoms with Gasteiger partial charge in [-0.15, -0.1) is 0 Å². The van der Waals surface area contributed by atoms with Crippen molar-refractivity contribution in [3.8, 4) is 0 Å². The van der Waals surface area contributed by atoms with E-state index >= 15 is 0 Å². The highest BCUT2D eigenvalue weighted by Crippen LogP contribution is 2.23. The van der Waals surface area contributed by atoms with E-state index in [1.54, 1.807) is 54.6 Å². The monoisotopic (exact) mass is 398 g/mol. The third kappa shape index (κ3) is 5.23. The summed E-state index contributed by atoms with van der Waals surface area (Å²) in [7, 11) is -3.83. The van der Waals surface area contributed by atoms with Crippen molar-refractivity contribution in [2.24, 2.45) is 0 Å². The quantitative estimate of drug-likeness (QED) is 0.686. The van der Waals surface area contributed by atoms with Gasteiger partial charge in [-0.3, -0.25) is 9.10 Å². The van der Waals surface area contributed by atoms with E-state index in [0.717, 1.165) is 23.6 Å². The molecule has 0 heterocycles. The molecular formula is C22H26N2O3S. The summed E-state index contributed by atoms with van der Waals surface area (Å²) in [5.74, 6) is -0.306. The normalized spacial score (nSPS) is 14.2. The second-order valence-electron chi connectivity index (χ2n) is 6.87. The van der Waals surface area contributed by atoms with E-state index in [1.165, 1.54) is 18.4 Å². The van der Waals surface area contributed by atoms with Crippen molar-refractivity contribution in [1.29, 1.82) is 0 Å². The Morgan fingerprint density at radius 3 is 2.29 bits per heavy atom. The Morgan fingerprint density at radius 2 is 1.64 bits per heavy atom. The van der Waals surface area contributed by atoms with Gasteiger partial charge in [-0.05, 0) is 56.4 Å². The number of nitrogens with one attached hydrogen (secondary N) is 1. The van der Waals surface area contributed by atoms with Crippen molar-refractivity contribution in [3.63, 3.8) is 0 Å². The second kappa shape index (κ2) is 9.55. The van der Waals surface area contributed by atoms with Gasteiger partial charge in [-0.25, -0.2) is 8.42 Å². The minimum atomic E-state index is -3.83. The average molecular weight is 399 g/mol. The van der Waals surface area contributed by atoms with E-state index in [1.807, 2.05) is 6.07 Å². The fraction of sp³-hybridized carbons (Fsp3) is 0.318. The van der Waals surface area contributed by atoms with E-state index in [4.69, 9.17) is 0 Å². The van der Waals surface area contributed by atoms with Gasteiger partial charge >= 0.3 is 0 Å². The number of amides is 1. The van der Waals surface area contributed by atoms with E-state index < -0.39 is 10.0 Å². The van der Waals surface area contributed by atoms with Crippen molar-refractivity contribution in [2.45, 2.75) is 37.0 Å². The Balaban J connectivity index is 1.71. The van der Waals surface area contributed by atoms with Crippen LogP contribution in [0.15, 0.2) is 77.2 Å². The molecule has 3 rings (SSSR count). The van der Waals surface area contributed by atoms with Gasteiger partial charge in [0.25, 0.3) is 10.0 Å². The number of anilines is 1. The summed E-state index contributed by atoms with van der Waals surface area (Å²) >= 11 is 0. The smallest absolute Gasteiger partial charge is 0.264 e. The van der Waals surface area contributed by atoms with Crippen LogP contribution in [0, 0.1) is 0 Å². The molecule has 1 amide bonds. The molecule has 0 aromatic heterocycles. The zero-order chi connectivity index (χ0) is 19.8. The number of carbonyl (C=O) groups excluding carboxylic acids is 1. The van der Waals surface area contributed by atoms with Crippen LogP contribution in [-0.4, -0.2) is 27.4 Å². The van der Waals surface area contributed by atoms with Gasteiger partial charge in [-0.1, -0.05) is 48.0 Å². The molecule has 0 fully saturated rings. The summed E-state index contributed by atoms with van der Waals surface area (Å²) in [4.78, 5) is 12.7. The summed E-state index contributed by atoms with van der Waals surface area (Å²) in [6.07, 6.45) is 7.72. The van der Waals surface area contributed by atoms with Gasteiger partial charge in [0.05, 0.1) is 10.6 Å². The van der Waals surface area contributed by atoms with Crippen molar-refractivity contribution in [1.82, 2.24) is 5.32 Å². The number of benzene rings is 2. The summed E-state index contributed by atoms with van der Waals surface area (Å²) in [6.45, 7) is 0.277. The van der Waals surface area contributed by atoms with Crippen molar-refractivity contribution < 1.29 is 13.2 Å². The largest absolute Gasteiger partial charge is 0.354 e. The Hall–Kier alpha value is -2.60. The van der Waals surface area contributed by atoms with E-state index in [-0.39, 0.29) is 17.3 Å². The Labute approximate surface area is 167 Å². The fourth-order valence-corrected chi connectivity index (χ4v) is 4.75. The molecule has 0 saturated carbocycles. The summed E-state index contributed by atoms with van der Waals surface area (Å²) < 4.78 is 27.4. The number of para-hydroxylation sites is 1. The first-order valence-electron chi connectivity index (χ1n) is 9.65. The molecule has 0 radical (unpaired) electrons. The molecule has 28 heavy (non-hydrogen) atoms. The molecular weight excluding hydrogens is 372 g/mol. The number of nitrogens with zero attached hydrogens (tertiary/aromatic N) is 1. The van der Waals surface area contributed by atoms with Gasteiger partial charge in [0.1, 0.15) is 6.54 Å². The average Bonchev–Trinajstić information content (AvgIpc) is 2.74. The number of hydrogen-bond acceptors (Lipinski definition) is 3. The number of hydrogen-bond donors (Lipinski definition) is 1. The number of carbonyl (C=O) groups is 1. The molecule has 1 aliphatic carbocycles. The molecule has 2 aromatic rings. The van der Waals surface area contributed by atoms with Gasteiger partial charge in [-0.2, -0.15) is 0 Å². The highest BCUT2D eigenvalue weighted by Gasteiger charge is 2.26. The summed E-state index contributed by atoms with van der Waals surface area (Å²) in [5, 5.41) is 2.87. The summed E-state index contributed by atoms with van der Waals surface area (Å²) in [6, 6.07) is 16.9. The van der Waals surface area contributed by atoms with Crippen molar-refractivity contribution in [2.75, 3.05) is 17.4 Å². The third-order valence-electron chi connectivity index (χ3n) is 4.82. The zero-order valence-electron chi connectivity index (χ0n) is 15.9. The van der Waals surface area contributed by atoms with Gasteiger partial charge < -0.3 is 5.32 Å². The molecule has 0 atom stereocenters. The predicted octanol–water partition coefficient (Wildman–Crippen LogP) is 3.89. The van der Waals surface area contributed by atoms with Crippen LogP contribution in [-0.2, 0) is 14.8 Å². The molecule has 5 nitrogen and oxygen atoms in total. The molecule has 0 unspecified atom stereocenters. The van der Waals surface area contributed by atoms with Crippen LogP contribution in [0.1, 0.15) is 32.1 Å². The Kier molecular flexibility index (Phi) is 6.87. The third-order valence-corrected chi connectivity index (χ3v) is 6.60. The van der Waals surface area contributed by atoms with Gasteiger partial charge in [0.2, 0.25) is 5.91 Å². The maximum Gasteiger partial charge on any atom is 0.264 e. The van der Waals surface area contributed by atoms with E-state index in [0.29, 0.717) is 12.2 Å². The molecule has 1 aliphatic rings. The lowest BCUT2D eigenvalue weighted by molar-refractivity contribution is -0.119. The molecule has 2 aromatic carbocycles. The molecule has 1 N–H and O–H groups in total. The van der Waals surface area contributed by atoms with Crippen molar-refractivity contribution in [3.05, 3.63) is 72.3 Å². The standard InChI is InChI=1S/C22H26N2O3S/c25-22(23-17-16-19-10-4-1-5-11-19)18-24(20-12-6-2-7-13-20)28(26,27)21-14-8-3-9-15-21/h2-3,6-10,12-15H,1,4-5,11,16-18H2,(H,23,25). The maximum absolute atomic E-state index is 13.1. The lowest BCUT2D eigenvalue weighted by atomic mass is 9.97. The highest BCUT2D eigenvalue weighted by atomic mass is 32.2. The maximum atomic E-state index is 13.1. The number of rotatable bonds is 8. The Morgan fingerprint density at radius 1 is 0.964 bits per heavy atom. The molecule has 0 saturated heterocycles. The predicted molar refractivity (Wildman–Crippen MR) is 112 cm³/mol. The first kappa shape index (κ1) is 20.1. The molecule has 6 heteroatoms. The minimum Gasteiger partial charge on any atom is -0.354 e. The lowest BCUT2D eigenvalue weighted by Crippen LogP contribution is -2.41. The van der Waals surface area contributed by atoms with Crippen LogP contribution in [0.25, 0.3) is 0 Å². The molecule has 0 aliphatic heterocycles. The molecule has 0 bridgehead atoms.